The Bertz CT molecular complexity index is 377. The van der Waals surface area contributed by atoms with Crippen molar-refractivity contribution >= 4 is 13.6 Å². The van der Waals surface area contributed by atoms with Gasteiger partial charge in [0.2, 0.25) is 0 Å². The molecule has 0 aliphatic rings. The zero-order chi connectivity index (χ0) is 10.8. The predicted molar refractivity (Wildman–Crippen MR) is 44.9 cm³/mol. The monoisotopic (exact) mass is 214 g/mol. The molecule has 0 bridgehead atoms. The number of carboxylic acid groups (broad SMARTS) is 1. The highest BCUT2D eigenvalue weighted by atomic mass is 31.2. The molecule has 0 aliphatic heterocycles. The smallest absolute Gasteiger partial charge is 0.181 e. The van der Waals surface area contributed by atoms with E-state index in [9.17, 15) is 19.4 Å². The first-order valence-corrected chi connectivity index (χ1v) is 5.67. The molecule has 76 valence electrons. The highest BCUT2D eigenvalue weighted by Crippen LogP contribution is 2.33. The van der Waals surface area contributed by atoms with Crippen molar-refractivity contribution in [2.24, 2.45) is 0 Å². The van der Waals surface area contributed by atoms with Crippen LogP contribution in [0.4, 0.5) is 0 Å². The Hall–Kier alpha value is -1.32. The van der Waals surface area contributed by atoms with Crippen LogP contribution in [0.25, 0.3) is 0 Å². The molecule has 1 atom stereocenters. The molecule has 0 aromatic heterocycles. The minimum absolute atomic E-state index is 0.0332. The van der Waals surface area contributed by atoms with Crippen molar-refractivity contribution < 1.29 is 23.9 Å². The summed E-state index contributed by atoms with van der Waals surface area (Å²) in [6.07, 6.45) is 0. The van der Waals surface area contributed by atoms with E-state index in [0.717, 1.165) is 6.66 Å². The van der Waals surface area contributed by atoms with E-state index in [1.54, 1.807) is 0 Å². The highest BCUT2D eigenvalue weighted by Gasteiger charge is 2.01. The summed E-state index contributed by atoms with van der Waals surface area (Å²) >= 11 is 0. The van der Waals surface area contributed by atoms with E-state index in [-0.39, 0.29) is 11.3 Å². The molecule has 0 aliphatic carbocycles. The lowest BCUT2D eigenvalue weighted by Crippen LogP contribution is -2.21. The van der Waals surface area contributed by atoms with Crippen molar-refractivity contribution in [2.45, 2.75) is 0 Å². The van der Waals surface area contributed by atoms with Gasteiger partial charge < -0.3 is 19.3 Å². The second kappa shape index (κ2) is 3.82. The lowest BCUT2D eigenvalue weighted by Gasteiger charge is -2.18. The fraction of sp³-hybridized carbons (Fsp3) is 0.125. The van der Waals surface area contributed by atoms with Gasteiger partial charge in [0.25, 0.3) is 0 Å². The summed E-state index contributed by atoms with van der Waals surface area (Å²) in [7, 11) is -3.84. The Morgan fingerprint density at radius 2 is 1.86 bits per heavy atom. The molecule has 0 heterocycles. The van der Waals surface area contributed by atoms with Gasteiger partial charge in [-0.2, -0.15) is 0 Å². The number of rotatable bonds is 3. The average molecular weight is 214 g/mol. The molecule has 0 amide bonds. The Kier molecular flexibility index (Phi) is 2.93. The summed E-state index contributed by atoms with van der Waals surface area (Å²) in [5.74, 6) is -1.24. The van der Waals surface area contributed by atoms with Gasteiger partial charge in [-0.25, -0.2) is 0 Å². The van der Waals surface area contributed by atoms with Gasteiger partial charge in [-0.3, -0.25) is 4.57 Å². The molecule has 1 aromatic rings. The summed E-state index contributed by atoms with van der Waals surface area (Å²) in [5, 5.41) is 10.3. The maximum Gasteiger partial charge on any atom is 0.181 e. The van der Waals surface area contributed by atoms with E-state index in [2.05, 4.69) is 4.52 Å². The maximum absolute atomic E-state index is 10.7. The van der Waals surface area contributed by atoms with Crippen LogP contribution in [0.3, 0.4) is 0 Å². The number of carbonyl (C=O) groups excluding carboxylic acids is 1. The molecular weight excluding hydrogens is 207 g/mol. The summed E-state index contributed by atoms with van der Waals surface area (Å²) in [6.45, 7) is 0.930. The molecule has 0 N–H and O–H groups in total. The summed E-state index contributed by atoms with van der Waals surface area (Å²) in [4.78, 5) is 21.0. The van der Waals surface area contributed by atoms with Crippen molar-refractivity contribution in [2.75, 3.05) is 6.66 Å². The average Bonchev–Trinajstić information content (AvgIpc) is 2.02. The van der Waals surface area contributed by atoms with Crippen LogP contribution < -0.4 is 14.5 Å². The van der Waals surface area contributed by atoms with E-state index in [1.165, 1.54) is 24.3 Å². The van der Waals surface area contributed by atoms with Crippen LogP contribution in [0, 0.1) is 0 Å². The van der Waals surface area contributed by atoms with Crippen molar-refractivity contribution in [1.29, 1.82) is 0 Å². The van der Waals surface area contributed by atoms with Crippen molar-refractivity contribution in [3.05, 3.63) is 29.8 Å². The number of benzene rings is 1. The first-order chi connectivity index (χ1) is 6.38. The van der Waals surface area contributed by atoms with E-state index >= 15 is 0 Å². The van der Waals surface area contributed by atoms with Crippen LogP contribution in [-0.2, 0) is 4.57 Å². The summed E-state index contributed by atoms with van der Waals surface area (Å²) in [6, 6.07) is 4.92. The molecule has 0 spiro atoms. The van der Waals surface area contributed by atoms with E-state index in [1.807, 2.05) is 0 Å². The van der Waals surface area contributed by atoms with Crippen LogP contribution >= 0.6 is 7.60 Å². The fourth-order valence-corrected chi connectivity index (χ4v) is 1.35. The summed E-state index contributed by atoms with van der Waals surface area (Å²) in [5.41, 5.74) is -0.0332. The van der Waals surface area contributed by atoms with Crippen molar-refractivity contribution in [3.8, 4) is 5.75 Å². The van der Waals surface area contributed by atoms with Gasteiger partial charge in [0, 0.05) is 6.66 Å². The Balaban J connectivity index is 2.84. The van der Waals surface area contributed by atoms with Crippen LogP contribution in [0.5, 0.6) is 5.75 Å². The molecule has 6 heteroatoms. The molecule has 1 unspecified atom stereocenters. The highest BCUT2D eigenvalue weighted by molar-refractivity contribution is 7.50. The first-order valence-electron chi connectivity index (χ1n) is 3.68. The molecule has 1 rings (SSSR count). The standard InChI is InChI=1S/C8H9O5P/c1-14(11,12)13-7-4-2-6(3-5-7)8(9)10/h2-5H,1H3,(H,9,10)(H,11,12)/p-2. The minimum atomic E-state index is -3.84. The molecule has 14 heavy (non-hydrogen) atoms. The second-order valence-corrected chi connectivity index (χ2v) is 4.40. The molecule has 0 fully saturated rings. The quantitative estimate of drug-likeness (QED) is 0.639. The van der Waals surface area contributed by atoms with E-state index in [4.69, 9.17) is 0 Å². The predicted octanol–water partition coefficient (Wildman–Crippen LogP) is -0.388. The SMILES string of the molecule is CP(=O)([O-])Oc1ccc(C(=O)[O-])cc1. The van der Waals surface area contributed by atoms with Gasteiger partial charge in [-0.05, 0) is 29.8 Å². The number of carboxylic acids is 1. The van der Waals surface area contributed by atoms with Gasteiger partial charge in [0.15, 0.2) is 7.60 Å². The van der Waals surface area contributed by atoms with Gasteiger partial charge in [0.1, 0.15) is 5.75 Å². The Morgan fingerprint density at radius 3 is 2.21 bits per heavy atom. The number of aromatic carboxylic acids is 1. The zero-order valence-corrected chi connectivity index (χ0v) is 8.19. The fourth-order valence-electron chi connectivity index (χ4n) is 0.843. The molecule has 0 saturated heterocycles. The van der Waals surface area contributed by atoms with Gasteiger partial charge >= 0.3 is 0 Å². The van der Waals surface area contributed by atoms with Crippen LogP contribution in [0.15, 0.2) is 24.3 Å². The van der Waals surface area contributed by atoms with Crippen molar-refractivity contribution in [1.82, 2.24) is 0 Å². The van der Waals surface area contributed by atoms with Gasteiger partial charge in [-0.15, -0.1) is 0 Å². The topological polar surface area (TPSA) is 89.5 Å². The maximum atomic E-state index is 10.7. The molecular formula is C8H7O5P-2. The van der Waals surface area contributed by atoms with Gasteiger partial charge in [0.05, 0.1) is 5.97 Å². The minimum Gasteiger partial charge on any atom is -0.769 e. The van der Waals surface area contributed by atoms with Crippen molar-refractivity contribution in [3.63, 3.8) is 0 Å². The molecule has 0 radical (unpaired) electrons. The Labute approximate surface area is 80.5 Å². The largest absolute Gasteiger partial charge is 0.769 e. The molecule has 1 aromatic carbocycles. The molecule has 0 saturated carbocycles. The third-order valence-corrected chi connectivity index (χ3v) is 1.90. The number of hydrogen-bond donors (Lipinski definition) is 0. The third-order valence-electron chi connectivity index (χ3n) is 1.36. The van der Waals surface area contributed by atoms with E-state index in [0.29, 0.717) is 0 Å². The number of carbonyl (C=O) groups is 1. The number of hydrogen-bond acceptors (Lipinski definition) is 5. The third kappa shape index (κ3) is 3.20. The van der Waals surface area contributed by atoms with Crippen LogP contribution in [-0.4, -0.2) is 12.6 Å². The van der Waals surface area contributed by atoms with Crippen LogP contribution in [0.1, 0.15) is 10.4 Å². The molecule has 5 nitrogen and oxygen atoms in total. The van der Waals surface area contributed by atoms with Gasteiger partial charge in [-0.1, -0.05) is 0 Å². The van der Waals surface area contributed by atoms with Crippen LogP contribution in [0.2, 0.25) is 0 Å². The zero-order valence-electron chi connectivity index (χ0n) is 7.30. The first kappa shape index (κ1) is 10.8. The lowest BCUT2D eigenvalue weighted by molar-refractivity contribution is -0.255. The van der Waals surface area contributed by atoms with E-state index < -0.39 is 13.6 Å². The second-order valence-electron chi connectivity index (χ2n) is 2.67. The normalized spacial score (nSPS) is 14.4. The lowest BCUT2D eigenvalue weighted by atomic mass is 10.2. The Morgan fingerprint density at radius 1 is 1.36 bits per heavy atom. The summed E-state index contributed by atoms with van der Waals surface area (Å²) < 4.78 is 15.2.